The van der Waals surface area contributed by atoms with E-state index in [9.17, 15) is 0 Å². The molecule has 0 saturated carbocycles. The van der Waals surface area contributed by atoms with E-state index in [1.54, 1.807) is 0 Å². The lowest BCUT2D eigenvalue weighted by molar-refractivity contribution is 0.466. The van der Waals surface area contributed by atoms with Crippen LogP contribution in [0.2, 0.25) is 0 Å². The number of nitrogens with zero attached hydrogens (tertiary/aromatic N) is 4. The average molecular weight is 264 g/mol. The Bertz CT molecular complexity index is 801. The number of aromatic nitrogens is 3. The Kier molecular flexibility index (Phi) is 3.05. The third kappa shape index (κ3) is 2.08. The van der Waals surface area contributed by atoms with Crippen LogP contribution in [0, 0.1) is 11.3 Å². The summed E-state index contributed by atoms with van der Waals surface area (Å²) in [5.41, 5.74) is 1.40. The maximum atomic E-state index is 8.84. The standard InChI is InChI=1S/C15H12N4O/c1-2-19-7-6-12-13(19)4-3-5-14(12)20-15-8-11(9-16)17-10-18-15/h3-8,10H,2H2,1H3. The molecule has 2 heterocycles. The summed E-state index contributed by atoms with van der Waals surface area (Å²) in [7, 11) is 0. The van der Waals surface area contributed by atoms with Crippen LogP contribution in [-0.2, 0) is 6.54 Å². The molecule has 0 atom stereocenters. The van der Waals surface area contributed by atoms with Crippen molar-refractivity contribution in [1.82, 2.24) is 14.5 Å². The summed E-state index contributed by atoms with van der Waals surface area (Å²) < 4.78 is 7.92. The first-order valence-corrected chi connectivity index (χ1v) is 6.29. The smallest absolute Gasteiger partial charge is 0.223 e. The van der Waals surface area contributed by atoms with Gasteiger partial charge < -0.3 is 9.30 Å². The van der Waals surface area contributed by atoms with Gasteiger partial charge in [0.25, 0.3) is 0 Å². The Morgan fingerprint density at radius 3 is 3.00 bits per heavy atom. The Morgan fingerprint density at radius 1 is 1.30 bits per heavy atom. The third-order valence-electron chi connectivity index (χ3n) is 3.09. The van der Waals surface area contributed by atoms with Crippen molar-refractivity contribution in [3.8, 4) is 17.7 Å². The Balaban J connectivity index is 2.02. The molecule has 98 valence electrons. The van der Waals surface area contributed by atoms with Crippen molar-refractivity contribution >= 4 is 10.9 Å². The fourth-order valence-electron chi connectivity index (χ4n) is 2.13. The van der Waals surface area contributed by atoms with E-state index in [0.29, 0.717) is 5.88 Å². The number of fused-ring (bicyclic) bond motifs is 1. The molecule has 5 nitrogen and oxygen atoms in total. The average Bonchev–Trinajstić information content (AvgIpc) is 2.91. The SMILES string of the molecule is CCn1ccc2c(Oc3cc(C#N)ncn3)cccc21. The van der Waals surface area contributed by atoms with Crippen LogP contribution in [0.25, 0.3) is 10.9 Å². The molecule has 0 bridgehead atoms. The molecular weight excluding hydrogens is 252 g/mol. The highest BCUT2D eigenvalue weighted by molar-refractivity contribution is 5.86. The van der Waals surface area contributed by atoms with Gasteiger partial charge in [0.15, 0.2) is 0 Å². The van der Waals surface area contributed by atoms with Crippen molar-refractivity contribution in [2.24, 2.45) is 0 Å². The lowest BCUT2D eigenvalue weighted by atomic mass is 10.2. The summed E-state index contributed by atoms with van der Waals surface area (Å²) in [5.74, 6) is 1.09. The largest absolute Gasteiger partial charge is 0.438 e. The molecule has 0 aliphatic carbocycles. The third-order valence-corrected chi connectivity index (χ3v) is 3.09. The Labute approximate surface area is 116 Å². The van der Waals surface area contributed by atoms with Gasteiger partial charge in [0.1, 0.15) is 23.8 Å². The lowest BCUT2D eigenvalue weighted by Gasteiger charge is -2.07. The molecule has 0 unspecified atom stereocenters. The maximum Gasteiger partial charge on any atom is 0.223 e. The molecule has 5 heteroatoms. The van der Waals surface area contributed by atoms with Crippen molar-refractivity contribution in [2.75, 3.05) is 0 Å². The first-order chi connectivity index (χ1) is 9.81. The number of ether oxygens (including phenoxy) is 1. The fourth-order valence-corrected chi connectivity index (χ4v) is 2.13. The fraction of sp³-hybridized carbons (Fsp3) is 0.133. The van der Waals surface area contributed by atoms with Gasteiger partial charge in [-0.05, 0) is 25.1 Å². The zero-order chi connectivity index (χ0) is 13.9. The Morgan fingerprint density at radius 2 is 2.20 bits per heavy atom. The van der Waals surface area contributed by atoms with Gasteiger partial charge in [-0.1, -0.05) is 6.07 Å². The van der Waals surface area contributed by atoms with E-state index in [1.807, 2.05) is 36.5 Å². The van der Waals surface area contributed by atoms with E-state index in [2.05, 4.69) is 21.5 Å². The van der Waals surface area contributed by atoms with Crippen LogP contribution in [0.15, 0.2) is 42.9 Å². The number of aryl methyl sites for hydroxylation is 1. The molecule has 0 amide bonds. The van der Waals surface area contributed by atoms with Gasteiger partial charge in [0, 0.05) is 24.2 Å². The molecule has 0 N–H and O–H groups in total. The van der Waals surface area contributed by atoms with Gasteiger partial charge in [0.05, 0.1) is 5.52 Å². The van der Waals surface area contributed by atoms with Gasteiger partial charge >= 0.3 is 0 Å². The van der Waals surface area contributed by atoms with E-state index in [4.69, 9.17) is 10.00 Å². The molecule has 1 aromatic carbocycles. The van der Waals surface area contributed by atoms with Crippen molar-refractivity contribution in [3.05, 3.63) is 48.5 Å². The van der Waals surface area contributed by atoms with Crippen LogP contribution in [0.1, 0.15) is 12.6 Å². The monoisotopic (exact) mass is 264 g/mol. The molecule has 0 aliphatic rings. The molecule has 0 aliphatic heterocycles. The number of hydrogen-bond acceptors (Lipinski definition) is 4. The van der Waals surface area contributed by atoms with Crippen LogP contribution in [-0.4, -0.2) is 14.5 Å². The van der Waals surface area contributed by atoms with Crippen molar-refractivity contribution in [2.45, 2.75) is 13.5 Å². The van der Waals surface area contributed by atoms with Crippen molar-refractivity contribution in [1.29, 1.82) is 5.26 Å². The van der Waals surface area contributed by atoms with Crippen LogP contribution in [0.4, 0.5) is 0 Å². The Hall–Kier alpha value is -2.87. The van der Waals surface area contributed by atoms with E-state index < -0.39 is 0 Å². The van der Waals surface area contributed by atoms with Crippen LogP contribution in [0.5, 0.6) is 11.6 Å². The lowest BCUT2D eigenvalue weighted by Crippen LogP contribution is -1.93. The summed E-state index contributed by atoms with van der Waals surface area (Å²) in [6.07, 6.45) is 3.35. The maximum absolute atomic E-state index is 8.84. The number of nitriles is 1. The number of rotatable bonds is 3. The summed E-state index contributed by atoms with van der Waals surface area (Å²) >= 11 is 0. The van der Waals surface area contributed by atoms with Gasteiger partial charge in [0.2, 0.25) is 5.88 Å². The minimum atomic E-state index is 0.285. The molecular formula is C15H12N4O. The molecule has 0 saturated heterocycles. The minimum Gasteiger partial charge on any atom is -0.438 e. The number of hydrogen-bond donors (Lipinski definition) is 0. The quantitative estimate of drug-likeness (QED) is 0.729. The zero-order valence-corrected chi connectivity index (χ0v) is 10.9. The highest BCUT2D eigenvalue weighted by Crippen LogP contribution is 2.29. The highest BCUT2D eigenvalue weighted by Gasteiger charge is 2.08. The number of benzene rings is 1. The molecule has 0 spiro atoms. The first kappa shape index (κ1) is 12.2. The van der Waals surface area contributed by atoms with Crippen LogP contribution in [0.3, 0.4) is 0 Å². The molecule has 0 fully saturated rings. The van der Waals surface area contributed by atoms with Gasteiger partial charge in [-0.15, -0.1) is 0 Å². The van der Waals surface area contributed by atoms with Crippen LogP contribution < -0.4 is 4.74 Å². The summed E-state index contributed by atoms with van der Waals surface area (Å²) in [4.78, 5) is 7.85. The second kappa shape index (κ2) is 5.02. The van der Waals surface area contributed by atoms with Gasteiger partial charge in [-0.25, -0.2) is 9.97 Å². The van der Waals surface area contributed by atoms with Crippen molar-refractivity contribution < 1.29 is 4.74 Å². The summed E-state index contributed by atoms with van der Waals surface area (Å²) in [6, 6.07) is 11.4. The topological polar surface area (TPSA) is 63.7 Å². The van der Waals surface area contributed by atoms with Crippen molar-refractivity contribution in [3.63, 3.8) is 0 Å². The first-order valence-electron chi connectivity index (χ1n) is 6.29. The molecule has 3 rings (SSSR count). The summed E-state index contributed by atoms with van der Waals surface area (Å²) in [5, 5.41) is 9.86. The minimum absolute atomic E-state index is 0.285. The molecule has 0 radical (unpaired) electrons. The summed E-state index contributed by atoms with van der Waals surface area (Å²) in [6.45, 7) is 3.00. The normalized spacial score (nSPS) is 10.4. The second-order valence-corrected chi connectivity index (χ2v) is 4.25. The predicted octanol–water partition coefficient (Wildman–Crippen LogP) is 3.12. The molecule has 3 aromatic rings. The zero-order valence-electron chi connectivity index (χ0n) is 10.9. The highest BCUT2D eigenvalue weighted by atomic mass is 16.5. The van der Waals surface area contributed by atoms with Gasteiger partial charge in [-0.3, -0.25) is 0 Å². The molecule has 20 heavy (non-hydrogen) atoms. The predicted molar refractivity (Wildman–Crippen MR) is 74.4 cm³/mol. The van der Waals surface area contributed by atoms with E-state index >= 15 is 0 Å². The van der Waals surface area contributed by atoms with E-state index in [-0.39, 0.29) is 5.69 Å². The van der Waals surface area contributed by atoms with E-state index in [1.165, 1.54) is 12.4 Å². The second-order valence-electron chi connectivity index (χ2n) is 4.25. The van der Waals surface area contributed by atoms with E-state index in [0.717, 1.165) is 23.2 Å². The van der Waals surface area contributed by atoms with Crippen LogP contribution >= 0.6 is 0 Å². The molecule has 2 aromatic heterocycles. The van der Waals surface area contributed by atoms with Gasteiger partial charge in [-0.2, -0.15) is 5.26 Å².